The van der Waals surface area contributed by atoms with E-state index in [9.17, 15) is 0 Å². The Kier molecular flexibility index (Phi) is 3.36. The SMILES string of the molecule is COC1(OC)CCCSS1. The number of rotatable bonds is 2. The zero-order valence-corrected chi connectivity index (χ0v) is 7.89. The molecule has 0 aromatic heterocycles. The maximum absolute atomic E-state index is 5.25. The van der Waals surface area contributed by atoms with Gasteiger partial charge in [-0.15, -0.1) is 0 Å². The lowest BCUT2D eigenvalue weighted by molar-refractivity contribution is -0.137. The fraction of sp³-hybridized carbons (Fsp3) is 1.00. The Morgan fingerprint density at radius 2 is 2.00 bits per heavy atom. The van der Waals surface area contributed by atoms with Gasteiger partial charge in [-0.25, -0.2) is 0 Å². The van der Waals surface area contributed by atoms with E-state index in [4.69, 9.17) is 9.47 Å². The predicted molar refractivity (Wildman–Crippen MR) is 46.0 cm³/mol. The summed E-state index contributed by atoms with van der Waals surface area (Å²) in [6.45, 7) is 0. The van der Waals surface area contributed by atoms with Crippen LogP contribution in [0, 0.1) is 0 Å². The lowest BCUT2D eigenvalue weighted by atomic mass is 10.3. The van der Waals surface area contributed by atoms with Crippen LogP contribution in [-0.4, -0.2) is 25.1 Å². The van der Waals surface area contributed by atoms with E-state index in [-0.39, 0.29) is 5.12 Å². The maximum atomic E-state index is 5.25. The minimum absolute atomic E-state index is 0.358. The lowest BCUT2D eigenvalue weighted by Crippen LogP contribution is -2.30. The molecule has 10 heavy (non-hydrogen) atoms. The predicted octanol–water partition coefficient (Wildman–Crippen LogP) is 2.11. The van der Waals surface area contributed by atoms with Gasteiger partial charge in [0.15, 0.2) is 0 Å². The molecule has 1 fully saturated rings. The van der Waals surface area contributed by atoms with E-state index in [0.717, 1.165) is 6.42 Å². The highest BCUT2D eigenvalue weighted by Crippen LogP contribution is 2.45. The van der Waals surface area contributed by atoms with E-state index in [0.29, 0.717) is 0 Å². The van der Waals surface area contributed by atoms with Crippen LogP contribution < -0.4 is 0 Å². The first-order valence-corrected chi connectivity index (χ1v) is 5.56. The Labute approximate surface area is 69.4 Å². The van der Waals surface area contributed by atoms with Gasteiger partial charge in [0.2, 0.25) is 5.12 Å². The molecule has 1 aliphatic heterocycles. The molecule has 0 radical (unpaired) electrons. The molecule has 0 aromatic rings. The Hall–Kier alpha value is 0.620. The summed E-state index contributed by atoms with van der Waals surface area (Å²) in [5.74, 6) is 1.21. The molecule has 1 rings (SSSR count). The number of hydrogen-bond acceptors (Lipinski definition) is 4. The average molecular weight is 180 g/mol. The van der Waals surface area contributed by atoms with Crippen LogP contribution in [0.5, 0.6) is 0 Å². The summed E-state index contributed by atoms with van der Waals surface area (Å²) in [5, 5.41) is -0.358. The highest BCUT2D eigenvalue weighted by molar-refractivity contribution is 8.77. The van der Waals surface area contributed by atoms with Crippen molar-refractivity contribution in [3.8, 4) is 0 Å². The molecule has 0 atom stereocenters. The van der Waals surface area contributed by atoms with Crippen molar-refractivity contribution in [1.82, 2.24) is 0 Å². The smallest absolute Gasteiger partial charge is 0.227 e. The molecule has 0 spiro atoms. The van der Waals surface area contributed by atoms with Crippen LogP contribution in [0.15, 0.2) is 0 Å². The molecule has 0 bridgehead atoms. The van der Waals surface area contributed by atoms with Gasteiger partial charge in [0.25, 0.3) is 0 Å². The minimum atomic E-state index is -0.358. The molecular weight excluding hydrogens is 168 g/mol. The largest absolute Gasteiger partial charge is 0.344 e. The van der Waals surface area contributed by atoms with Gasteiger partial charge in [0.1, 0.15) is 0 Å². The van der Waals surface area contributed by atoms with Crippen molar-refractivity contribution in [2.24, 2.45) is 0 Å². The molecular formula is C6H12O2S2. The fourth-order valence-electron chi connectivity index (χ4n) is 0.876. The number of ether oxygens (including phenoxy) is 2. The number of hydrogen-bond donors (Lipinski definition) is 0. The summed E-state index contributed by atoms with van der Waals surface area (Å²) in [6, 6.07) is 0. The van der Waals surface area contributed by atoms with Gasteiger partial charge in [-0.2, -0.15) is 0 Å². The van der Waals surface area contributed by atoms with Crippen molar-refractivity contribution < 1.29 is 9.47 Å². The molecule has 60 valence electrons. The van der Waals surface area contributed by atoms with Crippen molar-refractivity contribution in [3.63, 3.8) is 0 Å². The molecule has 0 amide bonds. The third kappa shape index (κ3) is 1.81. The van der Waals surface area contributed by atoms with Crippen LogP contribution >= 0.6 is 21.6 Å². The van der Waals surface area contributed by atoms with E-state index in [1.165, 1.54) is 12.2 Å². The minimum Gasteiger partial charge on any atom is -0.344 e. The molecule has 2 nitrogen and oxygen atoms in total. The molecule has 4 heteroatoms. The third-order valence-electron chi connectivity index (χ3n) is 1.52. The van der Waals surface area contributed by atoms with E-state index in [2.05, 4.69) is 0 Å². The summed E-state index contributed by atoms with van der Waals surface area (Å²) < 4.78 is 10.5. The van der Waals surface area contributed by atoms with Crippen molar-refractivity contribution in [1.29, 1.82) is 0 Å². The van der Waals surface area contributed by atoms with E-state index in [1.54, 1.807) is 25.0 Å². The topological polar surface area (TPSA) is 18.5 Å². The number of methoxy groups -OCH3 is 2. The molecule has 0 aromatic carbocycles. The Bertz CT molecular complexity index is 95.9. The van der Waals surface area contributed by atoms with Crippen LogP contribution in [0.25, 0.3) is 0 Å². The zero-order chi connectivity index (χ0) is 7.45. The first kappa shape index (κ1) is 8.71. The molecule has 0 N–H and O–H groups in total. The van der Waals surface area contributed by atoms with Crippen LogP contribution in [0.1, 0.15) is 12.8 Å². The second kappa shape index (κ2) is 3.85. The van der Waals surface area contributed by atoms with Gasteiger partial charge in [-0.3, -0.25) is 0 Å². The molecule has 0 unspecified atom stereocenters. The first-order chi connectivity index (χ1) is 4.83. The van der Waals surface area contributed by atoms with Crippen LogP contribution in [0.3, 0.4) is 0 Å². The van der Waals surface area contributed by atoms with Crippen LogP contribution in [0.4, 0.5) is 0 Å². The Balaban J connectivity index is 2.44. The summed E-state index contributed by atoms with van der Waals surface area (Å²) in [7, 11) is 6.89. The summed E-state index contributed by atoms with van der Waals surface area (Å²) in [5.41, 5.74) is 0. The van der Waals surface area contributed by atoms with Gasteiger partial charge in [0.05, 0.1) is 0 Å². The first-order valence-electron chi connectivity index (χ1n) is 3.24. The monoisotopic (exact) mass is 180 g/mol. The van der Waals surface area contributed by atoms with Crippen molar-refractivity contribution >= 4 is 21.6 Å². The van der Waals surface area contributed by atoms with Crippen LogP contribution in [-0.2, 0) is 9.47 Å². The quantitative estimate of drug-likeness (QED) is 0.478. The second-order valence-corrected chi connectivity index (χ2v) is 4.74. The molecule has 0 aliphatic carbocycles. The van der Waals surface area contributed by atoms with Gasteiger partial charge >= 0.3 is 0 Å². The van der Waals surface area contributed by atoms with Crippen molar-refractivity contribution in [3.05, 3.63) is 0 Å². The summed E-state index contributed by atoms with van der Waals surface area (Å²) in [4.78, 5) is 0. The van der Waals surface area contributed by atoms with Crippen molar-refractivity contribution in [2.75, 3.05) is 20.0 Å². The summed E-state index contributed by atoms with van der Waals surface area (Å²) >= 11 is 0. The van der Waals surface area contributed by atoms with E-state index >= 15 is 0 Å². The lowest BCUT2D eigenvalue weighted by Gasteiger charge is -2.32. The normalized spacial score (nSPS) is 24.6. The molecule has 1 aliphatic rings. The highest BCUT2D eigenvalue weighted by Gasteiger charge is 2.33. The standard InChI is InChI=1S/C6H12O2S2/c1-7-6(8-2)4-3-5-9-10-6/h3-5H2,1-2H3. The van der Waals surface area contributed by atoms with Gasteiger partial charge < -0.3 is 9.47 Å². The summed E-state index contributed by atoms with van der Waals surface area (Å²) in [6.07, 6.45) is 2.18. The third-order valence-corrected chi connectivity index (χ3v) is 4.50. The van der Waals surface area contributed by atoms with Gasteiger partial charge in [0, 0.05) is 26.4 Å². The van der Waals surface area contributed by atoms with Gasteiger partial charge in [-0.05, 0) is 17.2 Å². The molecule has 1 heterocycles. The zero-order valence-electron chi connectivity index (χ0n) is 6.25. The highest BCUT2D eigenvalue weighted by atomic mass is 33.1. The fourth-order valence-corrected chi connectivity index (χ4v) is 3.57. The van der Waals surface area contributed by atoms with Gasteiger partial charge in [-0.1, -0.05) is 10.8 Å². The Morgan fingerprint density at radius 1 is 1.30 bits per heavy atom. The van der Waals surface area contributed by atoms with Crippen LogP contribution in [0.2, 0.25) is 0 Å². The second-order valence-electron chi connectivity index (χ2n) is 2.10. The molecule has 0 saturated carbocycles. The molecule has 1 saturated heterocycles. The average Bonchev–Trinajstić information content (AvgIpc) is 2.06. The van der Waals surface area contributed by atoms with E-state index in [1.807, 2.05) is 10.8 Å². The van der Waals surface area contributed by atoms with Crippen molar-refractivity contribution in [2.45, 2.75) is 18.0 Å². The Morgan fingerprint density at radius 3 is 2.30 bits per heavy atom. The van der Waals surface area contributed by atoms with E-state index < -0.39 is 0 Å². The maximum Gasteiger partial charge on any atom is 0.227 e.